The van der Waals surface area contributed by atoms with E-state index >= 15 is 0 Å². The summed E-state index contributed by atoms with van der Waals surface area (Å²) in [6.07, 6.45) is 6.96. The summed E-state index contributed by atoms with van der Waals surface area (Å²) in [5, 5.41) is 3.29. The van der Waals surface area contributed by atoms with Crippen LogP contribution in [-0.4, -0.2) is 13.6 Å². The first-order valence-electron chi connectivity index (χ1n) is 6.19. The SMILES string of the molecule is C=CCCCCC(CNC)c1ccccc1. The van der Waals surface area contributed by atoms with Gasteiger partial charge >= 0.3 is 0 Å². The Kier molecular flexibility index (Phi) is 6.59. The molecule has 1 aromatic carbocycles. The van der Waals surface area contributed by atoms with Gasteiger partial charge in [-0.3, -0.25) is 0 Å². The lowest BCUT2D eigenvalue weighted by Crippen LogP contribution is -2.17. The molecule has 0 amide bonds. The number of likely N-dealkylation sites (N-methyl/N-ethyl adjacent to an activating group) is 1. The molecular weight excluding hydrogens is 194 g/mol. The van der Waals surface area contributed by atoms with Gasteiger partial charge in [0.25, 0.3) is 0 Å². The highest BCUT2D eigenvalue weighted by atomic mass is 14.8. The molecular formula is C15H23N. The molecule has 0 aromatic heterocycles. The van der Waals surface area contributed by atoms with Gasteiger partial charge < -0.3 is 5.32 Å². The molecule has 1 rings (SSSR count). The Morgan fingerprint density at radius 2 is 2.00 bits per heavy atom. The molecule has 16 heavy (non-hydrogen) atoms. The fourth-order valence-corrected chi connectivity index (χ4v) is 2.04. The van der Waals surface area contributed by atoms with Gasteiger partial charge in [-0.05, 0) is 37.8 Å². The summed E-state index contributed by atoms with van der Waals surface area (Å²) in [6, 6.07) is 10.8. The van der Waals surface area contributed by atoms with Crippen molar-refractivity contribution in [3.63, 3.8) is 0 Å². The molecule has 1 N–H and O–H groups in total. The molecule has 1 aromatic rings. The molecule has 1 nitrogen and oxygen atoms in total. The van der Waals surface area contributed by atoms with E-state index in [1.165, 1.54) is 24.8 Å². The molecule has 1 atom stereocenters. The van der Waals surface area contributed by atoms with Crippen LogP contribution >= 0.6 is 0 Å². The van der Waals surface area contributed by atoms with E-state index in [1.807, 2.05) is 13.1 Å². The van der Waals surface area contributed by atoms with Crippen LogP contribution in [-0.2, 0) is 0 Å². The maximum Gasteiger partial charge on any atom is 0.00171 e. The van der Waals surface area contributed by atoms with Crippen molar-refractivity contribution >= 4 is 0 Å². The van der Waals surface area contributed by atoms with Gasteiger partial charge in [0.15, 0.2) is 0 Å². The lowest BCUT2D eigenvalue weighted by molar-refractivity contribution is 0.547. The van der Waals surface area contributed by atoms with E-state index in [-0.39, 0.29) is 0 Å². The van der Waals surface area contributed by atoms with E-state index < -0.39 is 0 Å². The van der Waals surface area contributed by atoms with E-state index in [0.717, 1.165) is 13.0 Å². The molecule has 0 saturated heterocycles. The Labute approximate surface area is 99.6 Å². The van der Waals surface area contributed by atoms with Crippen molar-refractivity contribution < 1.29 is 0 Å². The van der Waals surface area contributed by atoms with E-state index in [2.05, 4.69) is 42.2 Å². The lowest BCUT2D eigenvalue weighted by Gasteiger charge is -2.16. The highest BCUT2D eigenvalue weighted by Crippen LogP contribution is 2.21. The van der Waals surface area contributed by atoms with Gasteiger partial charge in [-0.1, -0.05) is 42.8 Å². The smallest absolute Gasteiger partial charge is 0.00171 e. The second-order valence-electron chi connectivity index (χ2n) is 4.24. The Morgan fingerprint density at radius 1 is 1.25 bits per heavy atom. The normalized spacial score (nSPS) is 12.3. The molecule has 0 aliphatic carbocycles. The number of hydrogen-bond donors (Lipinski definition) is 1. The third-order valence-corrected chi connectivity index (χ3v) is 2.93. The first-order valence-corrected chi connectivity index (χ1v) is 6.19. The van der Waals surface area contributed by atoms with Crippen LogP contribution in [0, 0.1) is 0 Å². The minimum atomic E-state index is 0.649. The molecule has 0 heterocycles. The van der Waals surface area contributed by atoms with Crippen LogP contribution < -0.4 is 5.32 Å². The Hall–Kier alpha value is -1.08. The summed E-state index contributed by atoms with van der Waals surface area (Å²) in [7, 11) is 2.03. The minimum absolute atomic E-state index is 0.649. The predicted molar refractivity (Wildman–Crippen MR) is 71.8 cm³/mol. The second-order valence-corrected chi connectivity index (χ2v) is 4.24. The average Bonchev–Trinajstić information content (AvgIpc) is 2.34. The fourth-order valence-electron chi connectivity index (χ4n) is 2.04. The molecule has 0 spiro atoms. The van der Waals surface area contributed by atoms with Crippen LogP contribution in [0.2, 0.25) is 0 Å². The van der Waals surface area contributed by atoms with Crippen LogP contribution in [0.4, 0.5) is 0 Å². The number of unbranched alkanes of at least 4 members (excludes halogenated alkanes) is 2. The van der Waals surface area contributed by atoms with Crippen molar-refractivity contribution in [3.8, 4) is 0 Å². The van der Waals surface area contributed by atoms with Crippen LogP contribution in [0.3, 0.4) is 0 Å². The van der Waals surface area contributed by atoms with Crippen LogP contribution in [0.15, 0.2) is 43.0 Å². The van der Waals surface area contributed by atoms with Crippen LogP contribution in [0.25, 0.3) is 0 Å². The zero-order valence-corrected chi connectivity index (χ0v) is 10.3. The number of allylic oxidation sites excluding steroid dienone is 1. The third kappa shape index (κ3) is 4.63. The number of rotatable bonds is 8. The fraction of sp³-hybridized carbons (Fsp3) is 0.467. The number of benzene rings is 1. The number of nitrogens with one attached hydrogen (secondary N) is 1. The van der Waals surface area contributed by atoms with Crippen LogP contribution in [0.5, 0.6) is 0 Å². The summed E-state index contributed by atoms with van der Waals surface area (Å²) in [4.78, 5) is 0. The highest BCUT2D eigenvalue weighted by molar-refractivity contribution is 5.19. The van der Waals surface area contributed by atoms with Gasteiger partial charge in [0.2, 0.25) is 0 Å². The predicted octanol–water partition coefficient (Wildman–Crippen LogP) is 3.74. The van der Waals surface area contributed by atoms with Gasteiger partial charge in [0.1, 0.15) is 0 Å². The van der Waals surface area contributed by atoms with Gasteiger partial charge in [-0.25, -0.2) is 0 Å². The van der Waals surface area contributed by atoms with Crippen molar-refractivity contribution in [2.75, 3.05) is 13.6 Å². The van der Waals surface area contributed by atoms with Crippen LogP contribution in [0.1, 0.15) is 37.2 Å². The standard InChI is InChI=1S/C15H23N/c1-3-4-5-7-12-15(13-16-2)14-10-8-6-9-11-14/h3,6,8-11,15-16H,1,4-5,7,12-13H2,2H3. The van der Waals surface area contributed by atoms with Crippen molar-refractivity contribution in [2.24, 2.45) is 0 Å². The summed E-state index contributed by atoms with van der Waals surface area (Å²) in [5.41, 5.74) is 1.45. The average molecular weight is 217 g/mol. The zero-order chi connectivity index (χ0) is 11.6. The Bertz CT molecular complexity index is 279. The monoisotopic (exact) mass is 217 g/mol. The highest BCUT2D eigenvalue weighted by Gasteiger charge is 2.09. The van der Waals surface area contributed by atoms with Gasteiger partial charge in [0.05, 0.1) is 0 Å². The molecule has 0 saturated carbocycles. The van der Waals surface area contributed by atoms with E-state index in [1.54, 1.807) is 0 Å². The van der Waals surface area contributed by atoms with E-state index in [4.69, 9.17) is 0 Å². The van der Waals surface area contributed by atoms with E-state index in [0.29, 0.717) is 5.92 Å². The van der Waals surface area contributed by atoms with Crippen molar-refractivity contribution in [3.05, 3.63) is 48.6 Å². The third-order valence-electron chi connectivity index (χ3n) is 2.93. The zero-order valence-electron chi connectivity index (χ0n) is 10.3. The van der Waals surface area contributed by atoms with Crippen molar-refractivity contribution in [1.82, 2.24) is 5.32 Å². The maximum absolute atomic E-state index is 3.76. The van der Waals surface area contributed by atoms with Gasteiger partial charge in [0, 0.05) is 6.54 Å². The first-order chi connectivity index (χ1) is 7.88. The van der Waals surface area contributed by atoms with E-state index in [9.17, 15) is 0 Å². The molecule has 0 fully saturated rings. The minimum Gasteiger partial charge on any atom is -0.319 e. The maximum atomic E-state index is 3.76. The Balaban J connectivity index is 2.44. The molecule has 88 valence electrons. The summed E-state index contributed by atoms with van der Waals surface area (Å²) < 4.78 is 0. The molecule has 0 aliphatic rings. The summed E-state index contributed by atoms with van der Waals surface area (Å²) in [5.74, 6) is 0.649. The quantitative estimate of drug-likeness (QED) is 0.517. The molecule has 0 radical (unpaired) electrons. The van der Waals surface area contributed by atoms with Gasteiger partial charge in [-0.15, -0.1) is 6.58 Å². The second kappa shape index (κ2) is 8.12. The number of hydrogen-bond acceptors (Lipinski definition) is 1. The Morgan fingerprint density at radius 3 is 2.62 bits per heavy atom. The lowest BCUT2D eigenvalue weighted by atomic mass is 9.93. The van der Waals surface area contributed by atoms with Gasteiger partial charge in [-0.2, -0.15) is 0 Å². The van der Waals surface area contributed by atoms with Crippen molar-refractivity contribution in [1.29, 1.82) is 0 Å². The summed E-state index contributed by atoms with van der Waals surface area (Å²) in [6.45, 7) is 4.83. The largest absolute Gasteiger partial charge is 0.319 e. The topological polar surface area (TPSA) is 12.0 Å². The summed E-state index contributed by atoms with van der Waals surface area (Å²) >= 11 is 0. The molecule has 0 bridgehead atoms. The molecule has 1 unspecified atom stereocenters. The molecule has 0 aliphatic heterocycles. The molecule has 1 heteroatoms. The first kappa shape index (κ1) is 13.0. The van der Waals surface area contributed by atoms with Crippen molar-refractivity contribution in [2.45, 2.75) is 31.6 Å².